The topological polar surface area (TPSA) is 145 Å². The summed E-state index contributed by atoms with van der Waals surface area (Å²) in [5, 5.41) is 2.94. The maximum atomic E-state index is 13.8. The molecule has 0 fully saturated rings. The van der Waals surface area contributed by atoms with Crippen molar-refractivity contribution in [1.29, 1.82) is 0 Å². The Hall–Kier alpha value is -3.73. The molecule has 0 spiro atoms. The lowest BCUT2D eigenvalue weighted by Gasteiger charge is -2.33. The molecule has 0 radical (unpaired) electrons. The summed E-state index contributed by atoms with van der Waals surface area (Å²) in [5.74, 6) is -1.93. The second-order valence-corrected chi connectivity index (χ2v) is 9.14. The number of nitrogens with one attached hydrogen (secondary N) is 1. The Morgan fingerprint density at radius 1 is 1.21 bits per heavy atom. The average molecular weight is 488 g/mol. The monoisotopic (exact) mass is 487 g/mol. The van der Waals surface area contributed by atoms with Crippen LogP contribution in [0.15, 0.2) is 40.8 Å². The van der Waals surface area contributed by atoms with E-state index in [4.69, 9.17) is 15.9 Å². The van der Waals surface area contributed by atoms with Crippen molar-refractivity contribution < 1.29 is 23.2 Å². The number of furan rings is 1. The fourth-order valence-electron chi connectivity index (χ4n) is 3.19. The first-order chi connectivity index (χ1) is 15.9. The molecule has 1 atom stereocenters. The molecule has 2 heterocycles. The van der Waals surface area contributed by atoms with E-state index >= 15 is 0 Å². The van der Waals surface area contributed by atoms with Crippen LogP contribution in [0, 0.1) is 12.7 Å². The van der Waals surface area contributed by atoms with E-state index in [9.17, 15) is 18.8 Å². The van der Waals surface area contributed by atoms with E-state index in [0.29, 0.717) is 23.7 Å². The number of amides is 3. The molecule has 0 saturated carbocycles. The standard InChI is InChI=1S/C23H26FN5O4S/c1-5-23(3,4)27-21(31)18(15-11-6-12(2)33-15)29(14-9-7-13(24)8-10-14)22(32)19-16(25)17(20(26)30)28-34-19/h6-11,18H,5,25H2,1-4H3,(H2,26,30)(H,27,31)/t18-/m0/s1. The van der Waals surface area contributed by atoms with Gasteiger partial charge in [-0.2, -0.15) is 4.37 Å². The third-order valence-electron chi connectivity index (χ3n) is 5.36. The predicted molar refractivity (Wildman–Crippen MR) is 127 cm³/mol. The third kappa shape index (κ3) is 5.09. The van der Waals surface area contributed by atoms with Crippen molar-refractivity contribution >= 4 is 40.6 Å². The molecule has 3 amide bonds. The van der Waals surface area contributed by atoms with Crippen LogP contribution in [0.3, 0.4) is 0 Å². The second kappa shape index (κ2) is 9.64. The summed E-state index contributed by atoms with van der Waals surface area (Å²) in [7, 11) is 0. The lowest BCUT2D eigenvalue weighted by atomic mass is 10.0. The van der Waals surface area contributed by atoms with Gasteiger partial charge in [0.2, 0.25) is 0 Å². The third-order valence-corrected chi connectivity index (χ3v) is 6.21. The summed E-state index contributed by atoms with van der Waals surface area (Å²) in [6.07, 6.45) is 0.622. The van der Waals surface area contributed by atoms with Gasteiger partial charge in [-0.15, -0.1) is 0 Å². The minimum Gasteiger partial charge on any atom is -0.464 e. The van der Waals surface area contributed by atoms with Crippen LogP contribution < -0.4 is 21.7 Å². The van der Waals surface area contributed by atoms with Gasteiger partial charge in [0.15, 0.2) is 11.7 Å². The molecule has 180 valence electrons. The fourth-order valence-corrected chi connectivity index (χ4v) is 3.93. The number of carbonyl (C=O) groups excluding carboxylic acids is 3. The van der Waals surface area contributed by atoms with Crippen molar-refractivity contribution in [3.05, 3.63) is 64.3 Å². The Morgan fingerprint density at radius 2 is 1.85 bits per heavy atom. The number of primary amides is 1. The van der Waals surface area contributed by atoms with Crippen molar-refractivity contribution in [2.75, 3.05) is 10.6 Å². The zero-order chi connectivity index (χ0) is 25.2. The minimum atomic E-state index is -1.27. The van der Waals surface area contributed by atoms with E-state index in [1.165, 1.54) is 24.3 Å². The number of carbonyl (C=O) groups is 3. The van der Waals surface area contributed by atoms with Gasteiger partial charge >= 0.3 is 0 Å². The normalized spacial score (nSPS) is 12.3. The number of aryl methyl sites for hydroxylation is 1. The first-order valence-corrected chi connectivity index (χ1v) is 11.2. The van der Waals surface area contributed by atoms with Crippen LogP contribution in [0.1, 0.15) is 64.9 Å². The minimum absolute atomic E-state index is 0.0889. The van der Waals surface area contributed by atoms with E-state index in [2.05, 4.69) is 9.69 Å². The van der Waals surface area contributed by atoms with E-state index in [1.54, 1.807) is 19.1 Å². The Balaban J connectivity index is 2.20. The zero-order valence-electron chi connectivity index (χ0n) is 19.2. The van der Waals surface area contributed by atoms with Gasteiger partial charge < -0.3 is 21.2 Å². The molecule has 0 bridgehead atoms. The van der Waals surface area contributed by atoms with Crippen molar-refractivity contribution in [2.45, 2.75) is 45.7 Å². The molecule has 1 aromatic carbocycles. The van der Waals surface area contributed by atoms with Gasteiger partial charge in [-0.3, -0.25) is 19.3 Å². The molecule has 11 heteroatoms. The van der Waals surface area contributed by atoms with Crippen molar-refractivity contribution in [3.63, 3.8) is 0 Å². The van der Waals surface area contributed by atoms with Crippen molar-refractivity contribution in [3.8, 4) is 0 Å². The predicted octanol–water partition coefficient (Wildman–Crippen LogP) is 3.56. The smallest absolute Gasteiger partial charge is 0.273 e. The Bertz CT molecular complexity index is 1220. The number of benzene rings is 1. The lowest BCUT2D eigenvalue weighted by Crippen LogP contribution is -2.50. The molecular formula is C23H26FN5O4S. The van der Waals surface area contributed by atoms with Gasteiger partial charge in [0.05, 0.1) is 5.69 Å². The first kappa shape index (κ1) is 24.9. The molecule has 5 N–H and O–H groups in total. The van der Waals surface area contributed by atoms with Gasteiger partial charge in [0.25, 0.3) is 17.7 Å². The van der Waals surface area contributed by atoms with Gasteiger partial charge in [0, 0.05) is 11.2 Å². The number of nitrogens with zero attached hydrogens (tertiary/aromatic N) is 2. The maximum absolute atomic E-state index is 13.8. The highest BCUT2D eigenvalue weighted by Crippen LogP contribution is 2.34. The van der Waals surface area contributed by atoms with Crippen LogP contribution >= 0.6 is 11.5 Å². The van der Waals surface area contributed by atoms with Gasteiger partial charge in [-0.1, -0.05) is 6.92 Å². The zero-order valence-corrected chi connectivity index (χ0v) is 20.0. The number of nitrogen functional groups attached to an aromatic ring is 1. The quantitative estimate of drug-likeness (QED) is 0.443. The Labute approximate surface area is 200 Å². The number of anilines is 2. The highest BCUT2D eigenvalue weighted by atomic mass is 32.1. The van der Waals surface area contributed by atoms with Crippen LogP contribution in [0.25, 0.3) is 0 Å². The van der Waals surface area contributed by atoms with Gasteiger partial charge in [0.1, 0.15) is 22.2 Å². The summed E-state index contributed by atoms with van der Waals surface area (Å²) < 4.78 is 23.3. The van der Waals surface area contributed by atoms with Crippen LogP contribution in [0.5, 0.6) is 0 Å². The van der Waals surface area contributed by atoms with Crippen LogP contribution in [0.2, 0.25) is 0 Å². The Kier molecular flexibility index (Phi) is 7.06. The number of hydrogen-bond acceptors (Lipinski definition) is 7. The number of nitrogens with two attached hydrogens (primary N) is 2. The van der Waals surface area contributed by atoms with E-state index in [-0.39, 0.29) is 27.7 Å². The maximum Gasteiger partial charge on any atom is 0.273 e. The molecule has 34 heavy (non-hydrogen) atoms. The highest BCUT2D eigenvalue weighted by Gasteiger charge is 2.39. The summed E-state index contributed by atoms with van der Waals surface area (Å²) in [6, 6.07) is 7.04. The SMILES string of the molecule is CCC(C)(C)NC(=O)[C@H](c1ccc(C)o1)N(C(=O)c1snc(C(N)=O)c1N)c1ccc(F)cc1. The number of rotatable bonds is 8. The largest absolute Gasteiger partial charge is 0.464 e. The number of aromatic nitrogens is 1. The molecule has 3 aromatic rings. The summed E-state index contributed by atoms with van der Waals surface area (Å²) >= 11 is 0.682. The summed E-state index contributed by atoms with van der Waals surface area (Å²) in [6.45, 7) is 7.32. The molecule has 9 nitrogen and oxygen atoms in total. The average Bonchev–Trinajstić information content (AvgIpc) is 3.37. The van der Waals surface area contributed by atoms with Crippen LogP contribution in [0.4, 0.5) is 15.8 Å². The van der Waals surface area contributed by atoms with Gasteiger partial charge in [-0.25, -0.2) is 4.39 Å². The molecule has 3 rings (SSSR count). The molecule has 2 aromatic heterocycles. The van der Waals surface area contributed by atoms with E-state index in [0.717, 1.165) is 4.90 Å². The van der Waals surface area contributed by atoms with Crippen molar-refractivity contribution in [2.24, 2.45) is 5.73 Å². The molecule has 0 aliphatic rings. The summed E-state index contributed by atoms with van der Waals surface area (Å²) in [4.78, 5) is 40.1. The molecule has 0 unspecified atom stereocenters. The molecule has 0 saturated heterocycles. The van der Waals surface area contributed by atoms with Gasteiger partial charge in [-0.05, 0) is 75.1 Å². The van der Waals surface area contributed by atoms with E-state index in [1.807, 2.05) is 20.8 Å². The van der Waals surface area contributed by atoms with Crippen LogP contribution in [-0.2, 0) is 4.79 Å². The summed E-state index contributed by atoms with van der Waals surface area (Å²) in [5.41, 5.74) is 10.5. The fraction of sp³-hybridized carbons (Fsp3) is 0.304. The number of halogens is 1. The van der Waals surface area contributed by atoms with E-state index < -0.39 is 35.1 Å². The molecule has 0 aliphatic heterocycles. The number of hydrogen-bond donors (Lipinski definition) is 3. The lowest BCUT2D eigenvalue weighted by molar-refractivity contribution is -0.124. The second-order valence-electron chi connectivity index (χ2n) is 8.37. The van der Waals surface area contributed by atoms with Crippen LogP contribution in [-0.4, -0.2) is 27.6 Å². The molecular weight excluding hydrogens is 461 g/mol. The Morgan fingerprint density at radius 3 is 2.35 bits per heavy atom. The first-order valence-electron chi connectivity index (χ1n) is 10.5. The van der Waals surface area contributed by atoms with Crippen molar-refractivity contribution in [1.82, 2.24) is 9.69 Å². The molecule has 0 aliphatic carbocycles. The highest BCUT2D eigenvalue weighted by molar-refractivity contribution is 7.09.